The molecule has 0 aliphatic carbocycles. The molecule has 2 aromatic rings. The molecule has 0 aromatic heterocycles. The summed E-state index contributed by atoms with van der Waals surface area (Å²) in [7, 11) is 1.93. The first-order valence-corrected chi connectivity index (χ1v) is 7.27. The highest BCUT2D eigenvalue weighted by molar-refractivity contribution is 9.10. The lowest BCUT2D eigenvalue weighted by Crippen LogP contribution is -2.17. The number of nitrogens with two attached hydrogens (primary N) is 1. The van der Waals surface area contributed by atoms with Crippen LogP contribution in [-0.4, -0.2) is 18.1 Å². The molecule has 0 amide bonds. The summed E-state index contributed by atoms with van der Waals surface area (Å²) in [6.07, 6.45) is 0. The standard InChI is InChI=1S/C16H17BrN2O2/c1-10-7-13(8-14(15(10)18)16(20)21)19(2)9-11-3-5-12(17)6-4-11/h3-8H,9,18H2,1-2H3,(H,20,21). The monoisotopic (exact) mass is 348 g/mol. The van der Waals surface area contributed by atoms with Crippen LogP contribution >= 0.6 is 15.9 Å². The Labute approximate surface area is 132 Å². The lowest BCUT2D eigenvalue weighted by molar-refractivity contribution is 0.0698. The average molecular weight is 349 g/mol. The number of nitrogens with zero attached hydrogens (tertiary/aromatic N) is 1. The fourth-order valence-corrected chi connectivity index (χ4v) is 2.40. The Morgan fingerprint density at radius 1 is 1.29 bits per heavy atom. The van der Waals surface area contributed by atoms with Crippen molar-refractivity contribution in [1.29, 1.82) is 0 Å². The maximum Gasteiger partial charge on any atom is 0.337 e. The van der Waals surface area contributed by atoms with Crippen molar-refractivity contribution in [1.82, 2.24) is 0 Å². The zero-order valence-electron chi connectivity index (χ0n) is 11.9. The highest BCUT2D eigenvalue weighted by Gasteiger charge is 2.13. The van der Waals surface area contributed by atoms with Gasteiger partial charge in [0, 0.05) is 29.4 Å². The van der Waals surface area contributed by atoms with Crippen LogP contribution < -0.4 is 10.6 Å². The van der Waals surface area contributed by atoms with Crippen LogP contribution in [0.4, 0.5) is 11.4 Å². The molecule has 0 fully saturated rings. The first-order valence-electron chi connectivity index (χ1n) is 6.47. The number of aromatic carboxylic acids is 1. The van der Waals surface area contributed by atoms with Crippen LogP contribution in [0.2, 0.25) is 0 Å². The predicted molar refractivity (Wildman–Crippen MR) is 88.8 cm³/mol. The van der Waals surface area contributed by atoms with E-state index in [1.807, 2.05) is 49.2 Å². The Kier molecular flexibility index (Phi) is 4.53. The summed E-state index contributed by atoms with van der Waals surface area (Å²) in [5.74, 6) is -1.01. The van der Waals surface area contributed by atoms with Crippen LogP contribution in [0.15, 0.2) is 40.9 Å². The molecular weight excluding hydrogens is 332 g/mol. The SMILES string of the molecule is Cc1cc(N(C)Cc2ccc(Br)cc2)cc(C(=O)O)c1N. The van der Waals surface area contributed by atoms with E-state index < -0.39 is 5.97 Å². The van der Waals surface area contributed by atoms with Gasteiger partial charge in [-0.3, -0.25) is 0 Å². The fourth-order valence-electron chi connectivity index (χ4n) is 2.13. The van der Waals surface area contributed by atoms with Gasteiger partial charge in [-0.05, 0) is 42.3 Å². The minimum atomic E-state index is -1.01. The van der Waals surface area contributed by atoms with Crippen LogP contribution in [0.5, 0.6) is 0 Å². The maximum atomic E-state index is 11.2. The van der Waals surface area contributed by atoms with E-state index in [1.54, 1.807) is 6.07 Å². The van der Waals surface area contributed by atoms with Crippen molar-refractivity contribution < 1.29 is 9.90 Å². The van der Waals surface area contributed by atoms with Gasteiger partial charge >= 0.3 is 5.97 Å². The van der Waals surface area contributed by atoms with E-state index in [-0.39, 0.29) is 5.56 Å². The molecule has 0 radical (unpaired) electrons. The number of carboxylic acids is 1. The maximum absolute atomic E-state index is 11.2. The quantitative estimate of drug-likeness (QED) is 0.827. The fraction of sp³-hybridized carbons (Fsp3) is 0.188. The van der Waals surface area contributed by atoms with Crippen molar-refractivity contribution in [2.24, 2.45) is 0 Å². The van der Waals surface area contributed by atoms with Gasteiger partial charge < -0.3 is 15.7 Å². The Balaban J connectivity index is 2.28. The van der Waals surface area contributed by atoms with Crippen molar-refractivity contribution >= 4 is 33.3 Å². The van der Waals surface area contributed by atoms with Crippen molar-refractivity contribution in [3.05, 3.63) is 57.6 Å². The summed E-state index contributed by atoms with van der Waals surface area (Å²) in [4.78, 5) is 13.2. The van der Waals surface area contributed by atoms with Crippen molar-refractivity contribution in [2.75, 3.05) is 17.7 Å². The average Bonchev–Trinajstić information content (AvgIpc) is 2.43. The lowest BCUT2D eigenvalue weighted by atomic mass is 10.1. The van der Waals surface area contributed by atoms with Gasteiger partial charge in [0.2, 0.25) is 0 Å². The van der Waals surface area contributed by atoms with E-state index in [9.17, 15) is 9.90 Å². The Morgan fingerprint density at radius 3 is 2.48 bits per heavy atom. The number of hydrogen-bond acceptors (Lipinski definition) is 3. The molecule has 0 bridgehead atoms. The highest BCUT2D eigenvalue weighted by atomic mass is 79.9. The minimum Gasteiger partial charge on any atom is -0.478 e. The van der Waals surface area contributed by atoms with Crippen LogP contribution in [0.25, 0.3) is 0 Å². The summed E-state index contributed by atoms with van der Waals surface area (Å²) in [5.41, 5.74) is 9.04. The normalized spacial score (nSPS) is 10.4. The molecule has 0 unspecified atom stereocenters. The summed E-state index contributed by atoms with van der Waals surface area (Å²) < 4.78 is 1.03. The smallest absolute Gasteiger partial charge is 0.337 e. The second-order valence-electron chi connectivity index (χ2n) is 5.01. The third kappa shape index (κ3) is 3.55. The van der Waals surface area contributed by atoms with Crippen molar-refractivity contribution in [3.63, 3.8) is 0 Å². The number of carboxylic acid groups (broad SMARTS) is 1. The number of anilines is 2. The second kappa shape index (κ2) is 6.18. The number of carbonyl (C=O) groups is 1. The zero-order valence-corrected chi connectivity index (χ0v) is 13.5. The van der Waals surface area contributed by atoms with Gasteiger partial charge in [-0.2, -0.15) is 0 Å². The number of rotatable bonds is 4. The van der Waals surface area contributed by atoms with Crippen molar-refractivity contribution in [2.45, 2.75) is 13.5 Å². The largest absolute Gasteiger partial charge is 0.478 e. The van der Waals surface area contributed by atoms with Gasteiger partial charge in [0.15, 0.2) is 0 Å². The first kappa shape index (κ1) is 15.4. The molecular formula is C16H17BrN2O2. The Bertz CT molecular complexity index is 669. The van der Waals surface area contributed by atoms with E-state index in [0.717, 1.165) is 21.3 Å². The predicted octanol–water partition coefficient (Wildman–Crippen LogP) is 3.67. The van der Waals surface area contributed by atoms with Crippen molar-refractivity contribution in [3.8, 4) is 0 Å². The van der Waals surface area contributed by atoms with E-state index in [4.69, 9.17) is 5.73 Å². The van der Waals surface area contributed by atoms with E-state index >= 15 is 0 Å². The summed E-state index contributed by atoms with van der Waals surface area (Å²) >= 11 is 3.41. The molecule has 0 saturated carbocycles. The molecule has 2 aromatic carbocycles. The number of aryl methyl sites for hydroxylation is 1. The van der Waals surface area contributed by atoms with Gasteiger partial charge in [-0.25, -0.2) is 4.79 Å². The zero-order chi connectivity index (χ0) is 15.6. The molecule has 4 nitrogen and oxygen atoms in total. The van der Waals surface area contributed by atoms with E-state index in [1.165, 1.54) is 0 Å². The molecule has 0 heterocycles. The molecule has 0 saturated heterocycles. The molecule has 5 heteroatoms. The number of benzene rings is 2. The van der Waals surface area contributed by atoms with Gasteiger partial charge in [-0.15, -0.1) is 0 Å². The van der Waals surface area contributed by atoms with E-state index in [2.05, 4.69) is 15.9 Å². The molecule has 0 atom stereocenters. The molecule has 21 heavy (non-hydrogen) atoms. The second-order valence-corrected chi connectivity index (χ2v) is 5.93. The molecule has 0 aliphatic heterocycles. The Morgan fingerprint density at radius 2 is 1.90 bits per heavy atom. The highest BCUT2D eigenvalue weighted by Crippen LogP contribution is 2.26. The first-order chi connectivity index (χ1) is 9.88. The van der Waals surface area contributed by atoms with Gasteiger partial charge in [0.1, 0.15) is 0 Å². The van der Waals surface area contributed by atoms with Crippen LogP contribution in [0, 0.1) is 6.92 Å². The minimum absolute atomic E-state index is 0.146. The molecule has 3 N–H and O–H groups in total. The molecule has 110 valence electrons. The van der Waals surface area contributed by atoms with Crippen LogP contribution in [-0.2, 0) is 6.54 Å². The van der Waals surface area contributed by atoms with Crippen LogP contribution in [0.1, 0.15) is 21.5 Å². The molecule has 2 rings (SSSR count). The Hall–Kier alpha value is -2.01. The van der Waals surface area contributed by atoms with Crippen LogP contribution in [0.3, 0.4) is 0 Å². The van der Waals surface area contributed by atoms with E-state index in [0.29, 0.717) is 12.2 Å². The topological polar surface area (TPSA) is 66.6 Å². The third-order valence-electron chi connectivity index (χ3n) is 3.38. The summed E-state index contributed by atoms with van der Waals surface area (Å²) in [5, 5.41) is 9.21. The summed E-state index contributed by atoms with van der Waals surface area (Å²) in [6, 6.07) is 11.6. The lowest BCUT2D eigenvalue weighted by Gasteiger charge is -2.21. The summed E-state index contributed by atoms with van der Waals surface area (Å²) in [6.45, 7) is 2.51. The number of nitrogen functional groups attached to an aromatic ring is 1. The number of halogens is 1. The van der Waals surface area contributed by atoms with Gasteiger partial charge in [-0.1, -0.05) is 28.1 Å². The van der Waals surface area contributed by atoms with Gasteiger partial charge in [0.25, 0.3) is 0 Å². The van der Waals surface area contributed by atoms with Gasteiger partial charge in [0.05, 0.1) is 5.56 Å². The molecule has 0 aliphatic rings. The number of hydrogen-bond donors (Lipinski definition) is 2. The third-order valence-corrected chi connectivity index (χ3v) is 3.90. The molecule has 0 spiro atoms.